The van der Waals surface area contributed by atoms with E-state index in [1.165, 1.54) is 7.11 Å². The van der Waals surface area contributed by atoms with Gasteiger partial charge in [0.25, 0.3) is 8.32 Å². The first-order valence-corrected chi connectivity index (χ1v) is 13.3. The summed E-state index contributed by atoms with van der Waals surface area (Å²) in [4.78, 5) is 12.8. The molecule has 0 bridgehead atoms. The molecule has 0 saturated carbocycles. The van der Waals surface area contributed by atoms with E-state index >= 15 is 0 Å². The fourth-order valence-corrected chi connectivity index (χ4v) is 8.31. The Hall–Kier alpha value is -3.93. The fraction of sp³-hybridized carbons (Fsp3) is 0.100. The van der Waals surface area contributed by atoms with Crippen LogP contribution >= 0.6 is 0 Å². The molecule has 4 aromatic rings. The van der Waals surface area contributed by atoms with Crippen LogP contribution in [0.3, 0.4) is 0 Å². The van der Waals surface area contributed by atoms with Crippen molar-refractivity contribution in [2.45, 2.75) is 6.10 Å². The smallest absolute Gasteiger partial charge is 0.336 e. The van der Waals surface area contributed by atoms with E-state index in [4.69, 9.17) is 13.9 Å². The number of methoxy groups -OCH3 is 2. The third-order valence-corrected chi connectivity index (χ3v) is 10.0. The van der Waals surface area contributed by atoms with Crippen LogP contribution in [0.5, 0.6) is 5.75 Å². The Balaban J connectivity index is 2.00. The van der Waals surface area contributed by atoms with E-state index in [1.54, 1.807) is 7.11 Å². The molecule has 0 radical (unpaired) electrons. The van der Waals surface area contributed by atoms with E-state index in [1.807, 2.05) is 78.9 Å². The van der Waals surface area contributed by atoms with Crippen molar-refractivity contribution in [2.24, 2.45) is 0 Å². The predicted octanol–water partition coefficient (Wildman–Crippen LogP) is 4.15. The summed E-state index contributed by atoms with van der Waals surface area (Å²) in [5, 5.41) is 3.17. The Morgan fingerprint density at radius 3 is 1.63 bits per heavy atom. The Morgan fingerprint density at radius 2 is 1.20 bits per heavy atom. The van der Waals surface area contributed by atoms with Gasteiger partial charge in [0.15, 0.2) is 0 Å². The van der Waals surface area contributed by atoms with Gasteiger partial charge in [-0.3, -0.25) is 0 Å². The van der Waals surface area contributed by atoms with Crippen LogP contribution < -0.4 is 20.3 Å². The minimum atomic E-state index is -3.13. The maximum atomic E-state index is 12.8. The zero-order chi connectivity index (χ0) is 24.7. The maximum absolute atomic E-state index is 12.8. The number of benzene rings is 4. The molecule has 35 heavy (non-hydrogen) atoms. The summed E-state index contributed by atoms with van der Waals surface area (Å²) >= 11 is 0. The second kappa shape index (κ2) is 11.0. The third kappa shape index (κ3) is 4.97. The first-order valence-electron chi connectivity index (χ1n) is 11.4. The van der Waals surface area contributed by atoms with Crippen LogP contribution in [0.15, 0.2) is 127 Å². The highest BCUT2D eigenvalue weighted by atomic mass is 28.4. The molecule has 0 amide bonds. The van der Waals surface area contributed by atoms with Crippen molar-refractivity contribution >= 4 is 29.8 Å². The fourth-order valence-electron chi connectivity index (χ4n) is 4.28. The Kier molecular flexibility index (Phi) is 7.60. The molecule has 1 atom stereocenters. The van der Waals surface area contributed by atoms with Gasteiger partial charge in [-0.25, -0.2) is 4.79 Å². The predicted molar refractivity (Wildman–Crippen MR) is 142 cm³/mol. The highest BCUT2D eigenvalue weighted by Crippen LogP contribution is 2.31. The lowest BCUT2D eigenvalue weighted by atomic mass is 10.0. The van der Waals surface area contributed by atoms with E-state index in [9.17, 15) is 4.79 Å². The monoisotopic (exact) mass is 480 g/mol. The lowest BCUT2D eigenvalue weighted by molar-refractivity contribution is -0.137. The van der Waals surface area contributed by atoms with Gasteiger partial charge in [0, 0.05) is 0 Å². The number of rotatable bonds is 9. The van der Waals surface area contributed by atoms with E-state index in [0.717, 1.165) is 21.1 Å². The summed E-state index contributed by atoms with van der Waals surface area (Å²) in [5.41, 5.74) is 0.986. The molecule has 0 unspecified atom stereocenters. The molecule has 0 fully saturated rings. The van der Waals surface area contributed by atoms with Gasteiger partial charge in [-0.05, 0) is 33.3 Å². The topological polar surface area (TPSA) is 44.8 Å². The normalized spacial score (nSPS) is 11.9. The molecule has 0 saturated heterocycles. The SMILES string of the molecule is C=C(C(=O)OC)[C@@H](O[Si](c1ccccc1)(c1ccccc1)c1ccccc1)c1cccc(OC)c1. The van der Waals surface area contributed by atoms with E-state index in [0.29, 0.717) is 5.75 Å². The molecule has 0 spiro atoms. The molecule has 4 aromatic carbocycles. The summed E-state index contributed by atoms with van der Waals surface area (Å²) < 4.78 is 17.8. The number of hydrogen-bond acceptors (Lipinski definition) is 4. The second-order valence-electron chi connectivity index (χ2n) is 8.07. The van der Waals surface area contributed by atoms with Crippen molar-refractivity contribution in [3.63, 3.8) is 0 Å². The van der Waals surface area contributed by atoms with Crippen molar-refractivity contribution in [3.8, 4) is 5.75 Å². The largest absolute Gasteiger partial charge is 0.497 e. The molecular weight excluding hydrogens is 452 g/mol. The molecule has 0 aliphatic rings. The van der Waals surface area contributed by atoms with E-state index in [-0.39, 0.29) is 5.57 Å². The maximum Gasteiger partial charge on any atom is 0.336 e. The highest BCUT2D eigenvalue weighted by molar-refractivity contribution is 7.07. The molecule has 4 nitrogen and oxygen atoms in total. The lowest BCUT2D eigenvalue weighted by Gasteiger charge is -2.37. The third-order valence-electron chi connectivity index (χ3n) is 6.00. The van der Waals surface area contributed by atoms with Crippen LogP contribution in [0, 0.1) is 0 Å². The van der Waals surface area contributed by atoms with Crippen molar-refractivity contribution in [1.82, 2.24) is 0 Å². The molecule has 5 heteroatoms. The van der Waals surface area contributed by atoms with Crippen molar-refractivity contribution < 1.29 is 18.7 Å². The van der Waals surface area contributed by atoms with Gasteiger partial charge in [-0.1, -0.05) is 110 Å². The van der Waals surface area contributed by atoms with E-state index < -0.39 is 20.4 Å². The van der Waals surface area contributed by atoms with Gasteiger partial charge in [0.1, 0.15) is 11.9 Å². The number of carbonyl (C=O) groups is 1. The molecule has 4 rings (SSSR count). The van der Waals surface area contributed by atoms with Gasteiger partial charge in [0.2, 0.25) is 0 Å². The Labute approximate surface area is 207 Å². The van der Waals surface area contributed by atoms with Crippen LogP contribution in [-0.2, 0) is 14.0 Å². The average Bonchev–Trinajstić information content (AvgIpc) is 2.94. The summed E-state index contributed by atoms with van der Waals surface area (Å²) in [5.74, 6) is 0.148. The van der Waals surface area contributed by atoms with Crippen LogP contribution in [0.4, 0.5) is 0 Å². The molecule has 0 N–H and O–H groups in total. The minimum Gasteiger partial charge on any atom is -0.497 e. The van der Waals surface area contributed by atoms with Gasteiger partial charge in [-0.15, -0.1) is 0 Å². The first-order chi connectivity index (χ1) is 17.1. The number of hydrogen-bond donors (Lipinski definition) is 0. The Morgan fingerprint density at radius 1 is 0.714 bits per heavy atom. The van der Waals surface area contributed by atoms with Crippen LogP contribution in [0.1, 0.15) is 11.7 Å². The van der Waals surface area contributed by atoms with Crippen LogP contribution in [-0.4, -0.2) is 28.5 Å². The molecule has 0 aromatic heterocycles. The van der Waals surface area contributed by atoms with Crippen molar-refractivity contribution in [1.29, 1.82) is 0 Å². The molecule has 176 valence electrons. The Bertz CT molecular complexity index is 1180. The summed E-state index contributed by atoms with van der Waals surface area (Å²) in [6.45, 7) is 4.10. The van der Waals surface area contributed by atoms with Crippen molar-refractivity contribution in [3.05, 3.63) is 133 Å². The zero-order valence-electron chi connectivity index (χ0n) is 19.9. The molecular formula is C30H28O4Si. The lowest BCUT2D eigenvalue weighted by Crippen LogP contribution is -2.69. The highest BCUT2D eigenvalue weighted by Gasteiger charge is 2.45. The van der Waals surface area contributed by atoms with Gasteiger partial charge >= 0.3 is 5.97 Å². The number of carbonyl (C=O) groups excluding carboxylic acids is 1. The standard InChI is InChI=1S/C30H28O4Si/c1-23(30(31)33-3)29(24-14-13-15-25(22-24)32-2)34-35(26-16-7-4-8-17-26,27-18-9-5-10-19-27)28-20-11-6-12-21-28/h4-22,29H,1H2,2-3H3/t29-/m1/s1. The number of ether oxygens (including phenoxy) is 2. The summed E-state index contributed by atoms with van der Waals surface area (Å²) in [7, 11) is -0.162. The van der Waals surface area contributed by atoms with E-state index in [2.05, 4.69) is 43.0 Å². The molecule has 0 aliphatic heterocycles. The van der Waals surface area contributed by atoms with Crippen molar-refractivity contribution in [2.75, 3.05) is 14.2 Å². The van der Waals surface area contributed by atoms with Gasteiger partial charge in [0.05, 0.1) is 19.8 Å². The molecule has 0 aliphatic carbocycles. The quantitative estimate of drug-likeness (QED) is 0.156. The van der Waals surface area contributed by atoms with Crippen LogP contribution in [0.2, 0.25) is 0 Å². The van der Waals surface area contributed by atoms with Gasteiger partial charge in [-0.2, -0.15) is 0 Å². The van der Waals surface area contributed by atoms with Crippen LogP contribution in [0.25, 0.3) is 0 Å². The summed E-state index contributed by atoms with van der Waals surface area (Å²) in [6, 6.07) is 38.2. The number of esters is 1. The second-order valence-corrected chi connectivity index (χ2v) is 11.4. The zero-order valence-corrected chi connectivity index (χ0v) is 20.9. The van der Waals surface area contributed by atoms with Gasteiger partial charge < -0.3 is 13.9 Å². The summed E-state index contributed by atoms with van der Waals surface area (Å²) in [6.07, 6.45) is -0.759. The minimum absolute atomic E-state index is 0.223. The average molecular weight is 481 g/mol. The first kappa shape index (κ1) is 24.2. The molecule has 0 heterocycles.